The topological polar surface area (TPSA) is 86.5 Å². The van der Waals surface area contributed by atoms with Gasteiger partial charge in [0.15, 0.2) is 0 Å². The second-order valence-corrected chi connectivity index (χ2v) is 10.7. The number of benzene rings is 1. The van der Waals surface area contributed by atoms with Crippen LogP contribution in [0.25, 0.3) is 11.3 Å². The van der Waals surface area contributed by atoms with Gasteiger partial charge in [-0.15, -0.1) is 11.8 Å². The summed E-state index contributed by atoms with van der Waals surface area (Å²) in [6.45, 7) is 17.3. The lowest BCUT2D eigenvalue weighted by Crippen LogP contribution is -2.48. The van der Waals surface area contributed by atoms with Gasteiger partial charge in [-0.3, -0.25) is 14.6 Å². The molecule has 1 aromatic carbocycles. The molecule has 4 N–H and O–H groups in total. The van der Waals surface area contributed by atoms with Gasteiger partial charge in [-0.1, -0.05) is 18.7 Å². The largest absolute Gasteiger partial charge is 0.404 e. The van der Waals surface area contributed by atoms with Crippen molar-refractivity contribution in [2.24, 2.45) is 5.73 Å². The zero-order valence-corrected chi connectivity index (χ0v) is 22.1. The molecule has 0 bridgehead atoms. The van der Waals surface area contributed by atoms with Crippen molar-refractivity contribution in [2.75, 3.05) is 36.8 Å². The van der Waals surface area contributed by atoms with Crippen molar-refractivity contribution in [1.29, 1.82) is 0 Å². The number of amides is 1. The van der Waals surface area contributed by atoms with Crippen LogP contribution in [0.4, 0.5) is 11.5 Å². The smallest absolute Gasteiger partial charge is 0.247 e. The number of nitrogens with zero attached hydrogens (tertiary/aromatic N) is 3. The number of hydrogen-bond acceptors (Lipinski definition) is 7. The first kappa shape index (κ1) is 26.8. The van der Waals surface area contributed by atoms with Gasteiger partial charge >= 0.3 is 0 Å². The first-order valence-electron chi connectivity index (χ1n) is 12.1. The maximum atomic E-state index is 11.8. The third-order valence-electron chi connectivity index (χ3n) is 5.99. The zero-order chi connectivity index (χ0) is 25.4. The summed E-state index contributed by atoms with van der Waals surface area (Å²) in [7, 11) is 0. The minimum Gasteiger partial charge on any atom is -0.404 e. The maximum Gasteiger partial charge on any atom is 0.247 e. The van der Waals surface area contributed by atoms with Crippen LogP contribution in [0, 0.1) is 0 Å². The van der Waals surface area contributed by atoms with Crippen molar-refractivity contribution in [1.82, 2.24) is 14.8 Å². The van der Waals surface area contributed by atoms with E-state index in [-0.39, 0.29) is 11.3 Å². The van der Waals surface area contributed by atoms with E-state index in [1.165, 1.54) is 11.6 Å². The number of nitrogens with one attached hydrogen (secondary N) is 2. The highest BCUT2D eigenvalue weighted by atomic mass is 32.2. The quantitative estimate of drug-likeness (QED) is 0.326. The third-order valence-corrected chi connectivity index (χ3v) is 6.97. The molecule has 2 aromatic rings. The van der Waals surface area contributed by atoms with E-state index < -0.39 is 0 Å². The predicted octanol–water partition coefficient (Wildman–Crippen LogP) is 4.71. The normalized spacial score (nSPS) is 16.2. The summed E-state index contributed by atoms with van der Waals surface area (Å²) in [5.41, 5.74) is 9.39. The minimum absolute atomic E-state index is 0.109. The molecule has 1 amide bonds. The van der Waals surface area contributed by atoms with Crippen LogP contribution in [0.5, 0.6) is 0 Å². The Hall–Kier alpha value is -2.81. The molecule has 1 aromatic heterocycles. The summed E-state index contributed by atoms with van der Waals surface area (Å²) >= 11 is 1.66. The number of allylic oxidation sites excluding steroid dienone is 1. The van der Waals surface area contributed by atoms with Crippen LogP contribution >= 0.6 is 11.8 Å². The number of carbonyl (C=O) groups excluding carboxylic acids is 1. The molecule has 1 unspecified atom stereocenters. The Labute approximate surface area is 213 Å². The second-order valence-electron chi connectivity index (χ2n) is 9.11. The molecule has 0 radical (unpaired) electrons. The number of rotatable bonds is 10. The lowest BCUT2D eigenvalue weighted by Gasteiger charge is -2.37. The van der Waals surface area contributed by atoms with E-state index in [1.807, 2.05) is 31.2 Å². The van der Waals surface area contributed by atoms with Gasteiger partial charge in [-0.25, -0.2) is 4.98 Å². The molecule has 1 aliphatic heterocycles. The van der Waals surface area contributed by atoms with Crippen molar-refractivity contribution in [3.8, 4) is 11.3 Å². The SMILES string of the molecule is C=CC(=O)Nc1cccc(-c2cc(CN3CCN(C(C)C)CC3)cc(NC(C)S/C(C)=C\N)n2)c1. The molecular weight excluding hydrogens is 456 g/mol. The molecule has 2 heterocycles. The van der Waals surface area contributed by atoms with Gasteiger partial charge in [0.05, 0.1) is 11.1 Å². The first-order chi connectivity index (χ1) is 16.8. The van der Waals surface area contributed by atoms with Crippen LogP contribution in [-0.4, -0.2) is 58.3 Å². The summed E-state index contributed by atoms with van der Waals surface area (Å²) in [5, 5.41) is 6.46. The molecule has 0 aliphatic carbocycles. The van der Waals surface area contributed by atoms with Crippen LogP contribution in [0.3, 0.4) is 0 Å². The number of anilines is 2. The molecule has 0 spiro atoms. The number of aromatic nitrogens is 1. The number of nitrogens with two attached hydrogens (primary N) is 1. The lowest BCUT2D eigenvalue weighted by molar-refractivity contribution is -0.111. The summed E-state index contributed by atoms with van der Waals surface area (Å²) in [6.07, 6.45) is 2.89. The Morgan fingerprint density at radius 2 is 1.94 bits per heavy atom. The fraction of sp³-hybridized carbons (Fsp3) is 0.407. The van der Waals surface area contributed by atoms with E-state index in [9.17, 15) is 4.79 Å². The van der Waals surface area contributed by atoms with Crippen molar-refractivity contribution >= 4 is 29.2 Å². The Morgan fingerprint density at radius 1 is 1.20 bits per heavy atom. The van der Waals surface area contributed by atoms with Gasteiger partial charge in [-0.05, 0) is 68.5 Å². The molecule has 0 saturated carbocycles. The predicted molar refractivity (Wildman–Crippen MR) is 149 cm³/mol. The van der Waals surface area contributed by atoms with E-state index in [4.69, 9.17) is 10.7 Å². The van der Waals surface area contributed by atoms with Crippen LogP contribution in [-0.2, 0) is 11.3 Å². The average molecular weight is 495 g/mol. The fourth-order valence-corrected chi connectivity index (χ4v) is 4.92. The standard InChI is InChI=1S/C27H38N6OS/c1-6-27(34)30-24-9-7-8-23(16-24)25-14-22(18-32-10-12-33(13-11-32)19(2)3)15-26(31-25)29-21(5)35-20(4)17-28/h6-9,14-17,19,21H,1,10-13,18,28H2,2-5H3,(H,29,31)(H,30,34)/b20-17-. The lowest BCUT2D eigenvalue weighted by atomic mass is 10.1. The summed E-state index contributed by atoms with van der Waals surface area (Å²) < 4.78 is 0. The maximum absolute atomic E-state index is 11.8. The van der Waals surface area contributed by atoms with Crippen molar-refractivity contribution < 1.29 is 4.79 Å². The number of pyridine rings is 1. The molecule has 3 rings (SSSR count). The van der Waals surface area contributed by atoms with Crippen LogP contribution in [0.15, 0.2) is 60.2 Å². The van der Waals surface area contributed by atoms with Crippen molar-refractivity contribution in [3.63, 3.8) is 0 Å². The Balaban J connectivity index is 1.86. The monoisotopic (exact) mass is 494 g/mol. The fourth-order valence-electron chi connectivity index (χ4n) is 4.10. The highest BCUT2D eigenvalue weighted by Gasteiger charge is 2.19. The Morgan fingerprint density at radius 3 is 2.60 bits per heavy atom. The van der Waals surface area contributed by atoms with Crippen LogP contribution < -0.4 is 16.4 Å². The van der Waals surface area contributed by atoms with Gasteiger partial charge in [0, 0.05) is 56.2 Å². The average Bonchev–Trinajstić information content (AvgIpc) is 2.84. The zero-order valence-electron chi connectivity index (χ0n) is 21.3. The van der Waals surface area contributed by atoms with Gasteiger partial charge in [0.1, 0.15) is 5.82 Å². The molecular formula is C27H38N6OS. The molecule has 1 saturated heterocycles. The van der Waals surface area contributed by atoms with E-state index in [0.29, 0.717) is 11.7 Å². The molecule has 7 nitrogen and oxygen atoms in total. The first-order valence-corrected chi connectivity index (χ1v) is 13.0. The van der Waals surface area contributed by atoms with E-state index >= 15 is 0 Å². The van der Waals surface area contributed by atoms with Crippen molar-refractivity contribution in [3.05, 3.63) is 65.7 Å². The molecule has 188 valence electrons. The van der Waals surface area contributed by atoms with Gasteiger partial charge in [0.2, 0.25) is 5.91 Å². The molecule has 1 fully saturated rings. The third kappa shape index (κ3) is 8.13. The number of thioether (sulfide) groups is 1. The Bertz CT molecular complexity index is 1050. The van der Waals surface area contributed by atoms with Gasteiger partial charge in [-0.2, -0.15) is 0 Å². The van der Waals surface area contributed by atoms with Crippen molar-refractivity contribution in [2.45, 2.75) is 45.7 Å². The van der Waals surface area contributed by atoms with Crippen LogP contribution in [0.2, 0.25) is 0 Å². The molecule has 8 heteroatoms. The van der Waals surface area contributed by atoms with Crippen LogP contribution in [0.1, 0.15) is 33.3 Å². The Kier molecular flexibility index (Phi) is 9.77. The van der Waals surface area contributed by atoms with E-state index in [1.54, 1.807) is 18.0 Å². The number of piperazine rings is 1. The van der Waals surface area contributed by atoms with Gasteiger partial charge < -0.3 is 16.4 Å². The summed E-state index contributed by atoms with van der Waals surface area (Å²) in [5.74, 6) is 0.588. The minimum atomic E-state index is -0.235. The highest BCUT2D eigenvalue weighted by Crippen LogP contribution is 2.27. The number of carbonyl (C=O) groups is 1. The highest BCUT2D eigenvalue weighted by molar-refractivity contribution is 8.03. The second kappa shape index (κ2) is 12.8. The summed E-state index contributed by atoms with van der Waals surface area (Å²) in [6, 6.07) is 12.6. The summed E-state index contributed by atoms with van der Waals surface area (Å²) in [4.78, 5) is 22.8. The molecule has 1 aliphatic rings. The molecule has 35 heavy (non-hydrogen) atoms. The van der Waals surface area contributed by atoms with Gasteiger partial charge in [0.25, 0.3) is 0 Å². The van der Waals surface area contributed by atoms with E-state index in [2.05, 4.69) is 59.9 Å². The van der Waals surface area contributed by atoms with E-state index in [0.717, 1.165) is 54.7 Å². The number of hydrogen-bond donors (Lipinski definition) is 3. The molecule has 1 atom stereocenters.